The molecule has 37 heavy (non-hydrogen) atoms. The first-order valence-corrected chi connectivity index (χ1v) is 11.7. The van der Waals surface area contributed by atoms with Gasteiger partial charge in [0.2, 0.25) is 0 Å². The first kappa shape index (κ1) is 23.0. The molecule has 0 unspecified atom stereocenters. The van der Waals surface area contributed by atoms with Crippen molar-refractivity contribution in [3.05, 3.63) is 78.4 Å². The molecule has 186 valence electrons. The predicted molar refractivity (Wildman–Crippen MR) is 135 cm³/mol. The van der Waals surface area contributed by atoms with Gasteiger partial charge in [0.05, 0.1) is 22.7 Å². The van der Waals surface area contributed by atoms with Crippen molar-refractivity contribution in [3.63, 3.8) is 0 Å². The van der Waals surface area contributed by atoms with Crippen molar-refractivity contribution < 1.29 is 13.2 Å². The third-order valence-electron chi connectivity index (χ3n) is 6.23. The summed E-state index contributed by atoms with van der Waals surface area (Å²) in [5.74, 6) is 1.66. The summed E-state index contributed by atoms with van der Waals surface area (Å²) in [7, 11) is 0. The molecule has 0 radical (unpaired) electrons. The van der Waals surface area contributed by atoms with Gasteiger partial charge in [0.1, 0.15) is 17.5 Å². The third-order valence-corrected chi connectivity index (χ3v) is 6.23. The molecule has 2 aliphatic rings. The molecule has 0 saturated carbocycles. The van der Waals surface area contributed by atoms with E-state index in [1.165, 1.54) is 0 Å². The minimum absolute atomic E-state index is 0.0380. The number of rotatable bonds is 5. The van der Waals surface area contributed by atoms with E-state index in [0.29, 0.717) is 22.7 Å². The van der Waals surface area contributed by atoms with Crippen LogP contribution in [0.15, 0.2) is 67.3 Å². The average Bonchev–Trinajstić information content (AvgIpc) is 2.87. The van der Waals surface area contributed by atoms with Crippen molar-refractivity contribution in [2.45, 2.75) is 6.18 Å². The van der Waals surface area contributed by atoms with Gasteiger partial charge in [0.15, 0.2) is 5.82 Å². The summed E-state index contributed by atoms with van der Waals surface area (Å²) >= 11 is 0. The molecular weight excluding hydrogens is 481 g/mol. The van der Waals surface area contributed by atoms with Crippen LogP contribution in [0.3, 0.4) is 0 Å². The molecule has 11 heteroatoms. The van der Waals surface area contributed by atoms with Crippen LogP contribution in [0.4, 0.5) is 30.6 Å². The number of hydrogen-bond acceptors (Lipinski definition) is 8. The van der Waals surface area contributed by atoms with Gasteiger partial charge < -0.3 is 15.5 Å². The number of anilines is 3. The largest absolute Gasteiger partial charge is 0.416 e. The molecule has 5 heterocycles. The second kappa shape index (κ2) is 9.25. The molecule has 2 N–H and O–H groups in total. The second-order valence-electron chi connectivity index (χ2n) is 8.65. The maximum atomic E-state index is 13.1. The van der Waals surface area contributed by atoms with Gasteiger partial charge in [-0.2, -0.15) is 13.2 Å². The highest BCUT2D eigenvalue weighted by atomic mass is 19.4. The van der Waals surface area contributed by atoms with Crippen molar-refractivity contribution in [2.75, 3.05) is 36.4 Å². The van der Waals surface area contributed by atoms with Crippen molar-refractivity contribution in [3.8, 4) is 11.4 Å². The molecule has 4 aromatic heterocycles. The fraction of sp³-hybridized carbons (Fsp3) is 0.192. The van der Waals surface area contributed by atoms with E-state index in [2.05, 4.69) is 30.5 Å². The van der Waals surface area contributed by atoms with E-state index >= 15 is 0 Å². The number of fused-ring (bicyclic) bond motifs is 1. The van der Waals surface area contributed by atoms with E-state index < -0.39 is 11.7 Å². The number of nitrogens with zero attached hydrogens (tertiary/aromatic N) is 6. The summed E-state index contributed by atoms with van der Waals surface area (Å²) in [4.78, 5) is 24.7. The summed E-state index contributed by atoms with van der Waals surface area (Å²) in [5, 5.41) is 7.17. The smallest absolute Gasteiger partial charge is 0.353 e. The number of halogens is 3. The highest BCUT2D eigenvalue weighted by Gasteiger charge is 2.30. The Morgan fingerprint density at radius 2 is 1.70 bits per heavy atom. The van der Waals surface area contributed by atoms with Crippen LogP contribution in [0, 0.1) is 0 Å². The Kier molecular flexibility index (Phi) is 5.76. The Morgan fingerprint density at radius 3 is 2.43 bits per heavy atom. The van der Waals surface area contributed by atoms with Gasteiger partial charge in [-0.1, -0.05) is 18.2 Å². The Balaban J connectivity index is 1.41. The SMILES string of the molecule is FC(F)(F)c1ccnc(Nc2cc(-c3nc(N4CCNCC4)c4c(C5=CC=C5)cncc4n3)ccn2)c1. The first-order valence-electron chi connectivity index (χ1n) is 11.7. The highest BCUT2D eigenvalue weighted by Crippen LogP contribution is 2.36. The number of piperazine rings is 1. The summed E-state index contributed by atoms with van der Waals surface area (Å²) in [6.45, 7) is 3.29. The Labute approximate surface area is 210 Å². The maximum Gasteiger partial charge on any atom is 0.416 e. The Morgan fingerprint density at radius 1 is 0.946 bits per heavy atom. The molecule has 8 nitrogen and oxygen atoms in total. The minimum atomic E-state index is -4.47. The lowest BCUT2D eigenvalue weighted by Crippen LogP contribution is -2.44. The van der Waals surface area contributed by atoms with Crippen LogP contribution >= 0.6 is 0 Å². The van der Waals surface area contributed by atoms with E-state index in [9.17, 15) is 13.2 Å². The van der Waals surface area contributed by atoms with Gasteiger partial charge >= 0.3 is 6.18 Å². The quantitative estimate of drug-likeness (QED) is 0.409. The van der Waals surface area contributed by atoms with Crippen LogP contribution in [0.1, 0.15) is 11.1 Å². The predicted octanol–water partition coefficient (Wildman–Crippen LogP) is 4.61. The van der Waals surface area contributed by atoms with Gasteiger partial charge in [-0.25, -0.2) is 19.9 Å². The zero-order chi connectivity index (χ0) is 25.4. The van der Waals surface area contributed by atoms with E-state index in [4.69, 9.17) is 9.97 Å². The minimum Gasteiger partial charge on any atom is -0.353 e. The molecule has 1 aliphatic heterocycles. The number of nitrogens with one attached hydrogen (secondary N) is 2. The van der Waals surface area contributed by atoms with E-state index in [0.717, 1.165) is 66.8 Å². The van der Waals surface area contributed by atoms with Crippen LogP contribution in [-0.2, 0) is 6.18 Å². The summed E-state index contributed by atoms with van der Waals surface area (Å²) in [6.07, 6.45) is 7.82. The number of pyridine rings is 3. The molecule has 6 rings (SSSR count). The molecule has 1 saturated heterocycles. The molecular formula is C26H21F3N8. The Hall–Kier alpha value is -4.38. The van der Waals surface area contributed by atoms with Crippen LogP contribution in [-0.4, -0.2) is 51.1 Å². The molecule has 1 fully saturated rings. The molecule has 4 aromatic rings. The molecule has 0 amide bonds. The van der Waals surface area contributed by atoms with E-state index in [-0.39, 0.29) is 5.82 Å². The lowest BCUT2D eigenvalue weighted by atomic mass is 9.97. The van der Waals surface area contributed by atoms with Crippen LogP contribution in [0.2, 0.25) is 0 Å². The fourth-order valence-electron chi connectivity index (χ4n) is 4.33. The van der Waals surface area contributed by atoms with Gasteiger partial charge in [0, 0.05) is 55.9 Å². The molecule has 1 aliphatic carbocycles. The van der Waals surface area contributed by atoms with E-state index in [1.807, 2.05) is 24.4 Å². The fourth-order valence-corrected chi connectivity index (χ4v) is 4.33. The first-order chi connectivity index (χ1) is 18.0. The summed E-state index contributed by atoms with van der Waals surface area (Å²) < 4.78 is 39.3. The van der Waals surface area contributed by atoms with Crippen LogP contribution < -0.4 is 15.5 Å². The van der Waals surface area contributed by atoms with E-state index in [1.54, 1.807) is 24.5 Å². The summed E-state index contributed by atoms with van der Waals surface area (Å²) in [6, 6.07) is 5.33. The van der Waals surface area contributed by atoms with Crippen LogP contribution in [0.5, 0.6) is 0 Å². The number of hydrogen-bond donors (Lipinski definition) is 2. The average molecular weight is 503 g/mol. The van der Waals surface area contributed by atoms with Crippen molar-refractivity contribution in [1.82, 2.24) is 30.2 Å². The monoisotopic (exact) mass is 502 g/mol. The lowest BCUT2D eigenvalue weighted by Gasteiger charge is -2.30. The lowest BCUT2D eigenvalue weighted by molar-refractivity contribution is -0.137. The zero-order valence-electron chi connectivity index (χ0n) is 19.5. The van der Waals surface area contributed by atoms with Gasteiger partial charge in [-0.15, -0.1) is 0 Å². The normalized spacial score (nSPS) is 15.4. The highest BCUT2D eigenvalue weighted by molar-refractivity contribution is 6.02. The maximum absolute atomic E-state index is 13.1. The molecule has 0 bridgehead atoms. The number of allylic oxidation sites excluding steroid dienone is 4. The van der Waals surface area contributed by atoms with Crippen molar-refractivity contribution >= 4 is 33.9 Å². The summed E-state index contributed by atoms with van der Waals surface area (Å²) in [5.41, 5.74) is 2.64. The van der Waals surface area contributed by atoms with Crippen molar-refractivity contribution in [1.29, 1.82) is 0 Å². The Bertz CT molecular complexity index is 1540. The van der Waals surface area contributed by atoms with Crippen molar-refractivity contribution in [2.24, 2.45) is 0 Å². The van der Waals surface area contributed by atoms with Crippen LogP contribution in [0.25, 0.3) is 27.9 Å². The second-order valence-corrected chi connectivity index (χ2v) is 8.65. The molecule has 0 atom stereocenters. The number of alkyl halides is 3. The topological polar surface area (TPSA) is 91.8 Å². The van der Waals surface area contributed by atoms with Gasteiger partial charge in [-0.3, -0.25) is 4.98 Å². The molecule has 0 aromatic carbocycles. The van der Waals surface area contributed by atoms with Gasteiger partial charge in [-0.05, 0) is 29.8 Å². The third kappa shape index (κ3) is 4.60. The standard InChI is InChI=1S/C26H21F3N8/c27-26(28,29)18-5-7-33-22(13-18)35-21-12-17(4-6-32-21)24-34-20-15-31-14-19(16-2-1-3-16)23(20)25(36-24)37-10-8-30-9-11-37/h1-7,12-15,30H,8-11H2,(H,32,33,35). The van der Waals surface area contributed by atoms with Gasteiger partial charge in [0.25, 0.3) is 0 Å². The molecule has 0 spiro atoms. The number of aromatic nitrogens is 5. The zero-order valence-corrected chi connectivity index (χ0v) is 19.5.